The first-order valence-corrected chi connectivity index (χ1v) is 12.0. The minimum absolute atomic E-state index is 0.0806. The molecule has 2 aromatic rings. The zero-order chi connectivity index (χ0) is 23.5. The second-order valence-corrected chi connectivity index (χ2v) is 9.72. The summed E-state index contributed by atoms with van der Waals surface area (Å²) in [5.74, 6) is 1.14. The first-order valence-electron chi connectivity index (χ1n) is 10.1. The fourth-order valence-electron chi connectivity index (χ4n) is 3.55. The van der Waals surface area contributed by atoms with Crippen molar-refractivity contribution in [2.75, 3.05) is 39.1 Å². The molecule has 1 fully saturated rings. The Morgan fingerprint density at radius 3 is 2.22 bits per heavy atom. The number of methoxy groups -OCH3 is 3. The van der Waals surface area contributed by atoms with Crippen molar-refractivity contribution in [2.45, 2.75) is 24.7 Å². The Labute approximate surface area is 193 Å². The topological polar surface area (TPSA) is 94.2 Å². The second kappa shape index (κ2) is 9.87. The lowest BCUT2D eigenvalue weighted by Crippen LogP contribution is -2.38. The van der Waals surface area contributed by atoms with Crippen molar-refractivity contribution < 1.29 is 27.4 Å². The van der Waals surface area contributed by atoms with E-state index in [-0.39, 0.29) is 38.6 Å². The molecule has 0 unspecified atom stereocenters. The predicted molar refractivity (Wildman–Crippen MR) is 123 cm³/mol. The maximum atomic E-state index is 13.1. The Morgan fingerprint density at radius 2 is 1.62 bits per heavy atom. The van der Waals surface area contributed by atoms with Crippen molar-refractivity contribution in [1.29, 1.82) is 0 Å². The summed E-state index contributed by atoms with van der Waals surface area (Å²) in [5.41, 5.74) is 0.355. The summed E-state index contributed by atoms with van der Waals surface area (Å²) >= 11 is 6.10. The number of ether oxygens (including phenoxy) is 3. The van der Waals surface area contributed by atoms with E-state index in [1.165, 1.54) is 51.7 Å². The normalized spacial score (nSPS) is 14.7. The molecule has 2 aromatic carbocycles. The third-order valence-corrected chi connectivity index (χ3v) is 7.16. The molecule has 0 aliphatic carbocycles. The van der Waals surface area contributed by atoms with Gasteiger partial charge in [-0.2, -0.15) is 0 Å². The third kappa shape index (κ3) is 5.05. The summed E-state index contributed by atoms with van der Waals surface area (Å²) in [7, 11) is 0.215. The summed E-state index contributed by atoms with van der Waals surface area (Å²) < 4.78 is 44.5. The Bertz CT molecular complexity index is 1100. The largest absolute Gasteiger partial charge is 0.496 e. The highest BCUT2D eigenvalue weighted by molar-refractivity contribution is 7.92. The Kier molecular flexibility index (Phi) is 7.40. The quantitative estimate of drug-likeness (QED) is 0.640. The van der Waals surface area contributed by atoms with E-state index in [1.807, 2.05) is 0 Å². The number of carbonyl (C=O) groups excluding carboxylic acids is 1. The number of likely N-dealkylation sites (tertiary alicyclic amines) is 1. The number of hydrogen-bond donors (Lipinski definition) is 1. The van der Waals surface area contributed by atoms with Crippen LogP contribution < -0.4 is 18.9 Å². The summed E-state index contributed by atoms with van der Waals surface area (Å²) in [6.07, 6.45) is 1.82. The van der Waals surface area contributed by atoms with Crippen LogP contribution in [0.25, 0.3) is 0 Å². The molecule has 1 aliphatic rings. The highest BCUT2D eigenvalue weighted by atomic mass is 35.5. The average Bonchev–Trinajstić information content (AvgIpc) is 2.79. The number of piperidine rings is 1. The minimum atomic E-state index is -4.06. The molecule has 1 N–H and O–H groups in total. The van der Waals surface area contributed by atoms with Crippen LogP contribution in [-0.2, 0) is 10.0 Å². The van der Waals surface area contributed by atoms with Crippen LogP contribution in [0.15, 0.2) is 35.2 Å². The maximum absolute atomic E-state index is 13.1. The van der Waals surface area contributed by atoms with Gasteiger partial charge < -0.3 is 19.1 Å². The van der Waals surface area contributed by atoms with Gasteiger partial charge in [0.2, 0.25) is 0 Å². The summed E-state index contributed by atoms with van der Waals surface area (Å²) in [5, 5.41) is 0.278. The van der Waals surface area contributed by atoms with Gasteiger partial charge in [0.25, 0.3) is 15.9 Å². The second-order valence-electron chi connectivity index (χ2n) is 7.63. The smallest absolute Gasteiger partial charge is 0.262 e. The van der Waals surface area contributed by atoms with E-state index in [1.54, 1.807) is 4.90 Å². The molecule has 1 saturated heterocycles. The number of carbonyl (C=O) groups is 1. The molecular formula is C22H27ClN2O6S. The van der Waals surface area contributed by atoms with Crippen molar-refractivity contribution in [3.8, 4) is 17.2 Å². The number of benzene rings is 2. The highest BCUT2D eigenvalue weighted by Gasteiger charge is 2.26. The molecule has 0 atom stereocenters. The van der Waals surface area contributed by atoms with E-state index in [0.29, 0.717) is 24.8 Å². The van der Waals surface area contributed by atoms with Crippen molar-refractivity contribution >= 4 is 33.2 Å². The van der Waals surface area contributed by atoms with Crippen molar-refractivity contribution in [3.63, 3.8) is 0 Å². The first-order chi connectivity index (χ1) is 15.2. The van der Waals surface area contributed by atoms with E-state index in [2.05, 4.69) is 11.6 Å². The molecule has 0 bridgehead atoms. The molecule has 3 rings (SSSR count). The summed E-state index contributed by atoms with van der Waals surface area (Å²) in [4.78, 5) is 14.8. The highest BCUT2D eigenvalue weighted by Crippen LogP contribution is 2.37. The molecule has 1 amide bonds. The fraction of sp³-hybridized carbons (Fsp3) is 0.409. The monoisotopic (exact) mass is 482 g/mol. The van der Waals surface area contributed by atoms with Crippen LogP contribution in [0.5, 0.6) is 17.2 Å². The van der Waals surface area contributed by atoms with Crippen LogP contribution in [0, 0.1) is 5.92 Å². The van der Waals surface area contributed by atoms with Gasteiger partial charge in [-0.25, -0.2) is 8.42 Å². The van der Waals surface area contributed by atoms with Gasteiger partial charge in [0.1, 0.15) is 17.2 Å². The molecule has 0 saturated carbocycles. The number of anilines is 1. The lowest BCUT2D eigenvalue weighted by molar-refractivity contribution is 0.0693. The van der Waals surface area contributed by atoms with Gasteiger partial charge in [-0.15, -0.1) is 0 Å². The van der Waals surface area contributed by atoms with Gasteiger partial charge in [-0.1, -0.05) is 18.5 Å². The number of sulfonamides is 1. The predicted octanol–water partition coefficient (Wildman–Crippen LogP) is 4.04. The molecule has 0 spiro atoms. The SMILES string of the molecule is COc1cc(NS(=O)(=O)c2ccc(OC)c(C(=O)N3CCC(C)CC3)c2)c(OC)cc1Cl. The van der Waals surface area contributed by atoms with Crippen LogP contribution in [-0.4, -0.2) is 53.6 Å². The number of hydrogen-bond acceptors (Lipinski definition) is 6. The zero-order valence-corrected chi connectivity index (χ0v) is 20.0. The third-order valence-electron chi connectivity index (χ3n) is 5.50. The van der Waals surface area contributed by atoms with E-state index in [4.69, 9.17) is 25.8 Å². The molecule has 0 aromatic heterocycles. The Morgan fingerprint density at radius 1 is 1.00 bits per heavy atom. The molecular weight excluding hydrogens is 456 g/mol. The van der Waals surface area contributed by atoms with Gasteiger partial charge in [0.05, 0.1) is 42.5 Å². The van der Waals surface area contributed by atoms with Crippen molar-refractivity contribution in [1.82, 2.24) is 4.90 Å². The molecule has 174 valence electrons. The summed E-state index contributed by atoms with van der Waals surface area (Å²) in [6.45, 7) is 3.40. The van der Waals surface area contributed by atoms with Gasteiger partial charge in [0.15, 0.2) is 0 Å². The lowest BCUT2D eigenvalue weighted by atomic mass is 9.98. The maximum Gasteiger partial charge on any atom is 0.262 e. The standard InChI is InChI=1S/C22H27ClN2O6S/c1-14-7-9-25(10-8-14)22(26)16-11-15(5-6-19(16)29-2)32(27,28)24-18-13-20(30-3)17(23)12-21(18)31-4/h5-6,11-14,24H,7-10H2,1-4H3. The first kappa shape index (κ1) is 24.0. The van der Waals surface area contributed by atoms with E-state index < -0.39 is 10.0 Å². The van der Waals surface area contributed by atoms with Gasteiger partial charge in [-0.3, -0.25) is 9.52 Å². The summed E-state index contributed by atoms with van der Waals surface area (Å²) in [6, 6.07) is 7.09. The molecule has 32 heavy (non-hydrogen) atoms. The van der Waals surface area contributed by atoms with Crippen LogP contribution in [0.3, 0.4) is 0 Å². The number of rotatable bonds is 7. The van der Waals surface area contributed by atoms with Crippen LogP contribution in [0.1, 0.15) is 30.1 Å². The fourth-order valence-corrected chi connectivity index (χ4v) is 4.87. The Hall–Kier alpha value is -2.65. The number of amides is 1. The van der Waals surface area contributed by atoms with E-state index in [9.17, 15) is 13.2 Å². The van der Waals surface area contributed by atoms with Crippen molar-refractivity contribution in [3.05, 3.63) is 40.9 Å². The van der Waals surface area contributed by atoms with Crippen LogP contribution >= 0.6 is 11.6 Å². The lowest BCUT2D eigenvalue weighted by Gasteiger charge is -2.30. The molecule has 0 radical (unpaired) electrons. The van der Waals surface area contributed by atoms with Gasteiger partial charge >= 0.3 is 0 Å². The molecule has 8 nitrogen and oxygen atoms in total. The van der Waals surface area contributed by atoms with E-state index in [0.717, 1.165) is 12.8 Å². The number of halogens is 1. The molecule has 10 heteroatoms. The molecule has 1 heterocycles. The van der Waals surface area contributed by atoms with Gasteiger partial charge in [0, 0.05) is 25.2 Å². The van der Waals surface area contributed by atoms with Crippen LogP contribution in [0.4, 0.5) is 5.69 Å². The minimum Gasteiger partial charge on any atom is -0.496 e. The van der Waals surface area contributed by atoms with Gasteiger partial charge in [-0.05, 0) is 37.0 Å². The average molecular weight is 483 g/mol. The van der Waals surface area contributed by atoms with Crippen molar-refractivity contribution in [2.24, 2.45) is 5.92 Å². The number of nitrogens with one attached hydrogen (secondary N) is 1. The molecule has 1 aliphatic heterocycles. The Balaban J connectivity index is 1.95. The zero-order valence-electron chi connectivity index (χ0n) is 18.5. The number of nitrogens with zero attached hydrogens (tertiary/aromatic N) is 1. The van der Waals surface area contributed by atoms with Crippen LogP contribution in [0.2, 0.25) is 5.02 Å². The van der Waals surface area contributed by atoms with E-state index >= 15 is 0 Å².